The Bertz CT molecular complexity index is 605. The van der Waals surface area contributed by atoms with Gasteiger partial charge in [0.1, 0.15) is 12.1 Å². The Hall–Kier alpha value is -2.01. The van der Waals surface area contributed by atoms with Crippen LogP contribution in [0.5, 0.6) is 17.5 Å². The highest BCUT2D eigenvalue weighted by Crippen LogP contribution is 2.32. The predicted octanol–water partition coefficient (Wildman–Crippen LogP) is 3.60. The Morgan fingerprint density at radius 2 is 2.00 bits per heavy atom. The standard InChI is InChI=1S/C14H16ClN3O2/c1-3-6-19-13-12(16)14(18-8-17-13)20-11-5-4-10(15)7-9(11)2/h4-5,7-8H,3,6,16H2,1-2H3. The van der Waals surface area contributed by atoms with E-state index in [1.165, 1.54) is 6.33 Å². The van der Waals surface area contributed by atoms with Crippen molar-refractivity contribution in [3.05, 3.63) is 35.1 Å². The summed E-state index contributed by atoms with van der Waals surface area (Å²) in [6, 6.07) is 5.32. The molecule has 1 heterocycles. The van der Waals surface area contributed by atoms with Crippen molar-refractivity contribution in [2.24, 2.45) is 0 Å². The molecule has 6 heteroatoms. The summed E-state index contributed by atoms with van der Waals surface area (Å²) in [7, 11) is 0. The van der Waals surface area contributed by atoms with E-state index >= 15 is 0 Å². The number of nitrogen functional groups attached to an aromatic ring is 1. The fourth-order valence-corrected chi connectivity index (χ4v) is 1.82. The average molecular weight is 294 g/mol. The van der Waals surface area contributed by atoms with Gasteiger partial charge in [-0.15, -0.1) is 0 Å². The Morgan fingerprint density at radius 3 is 2.70 bits per heavy atom. The van der Waals surface area contributed by atoms with E-state index in [-0.39, 0.29) is 11.6 Å². The van der Waals surface area contributed by atoms with Gasteiger partial charge in [0.05, 0.1) is 6.61 Å². The maximum absolute atomic E-state index is 5.95. The highest BCUT2D eigenvalue weighted by atomic mass is 35.5. The molecule has 2 aromatic rings. The van der Waals surface area contributed by atoms with Crippen LogP contribution in [0.15, 0.2) is 24.5 Å². The van der Waals surface area contributed by atoms with E-state index in [0.717, 1.165) is 12.0 Å². The zero-order valence-electron chi connectivity index (χ0n) is 11.4. The fraction of sp³-hybridized carbons (Fsp3) is 0.286. The van der Waals surface area contributed by atoms with Gasteiger partial charge in [-0.3, -0.25) is 0 Å². The zero-order valence-corrected chi connectivity index (χ0v) is 12.1. The first-order chi connectivity index (χ1) is 9.61. The van der Waals surface area contributed by atoms with Crippen LogP contribution >= 0.6 is 11.6 Å². The largest absolute Gasteiger partial charge is 0.476 e. The third kappa shape index (κ3) is 3.30. The lowest BCUT2D eigenvalue weighted by molar-refractivity contribution is 0.304. The van der Waals surface area contributed by atoms with Crippen LogP contribution in [0.2, 0.25) is 5.02 Å². The molecule has 1 aromatic heterocycles. The van der Waals surface area contributed by atoms with Crippen LogP contribution in [0.3, 0.4) is 0 Å². The van der Waals surface area contributed by atoms with Gasteiger partial charge in [0.25, 0.3) is 0 Å². The average Bonchev–Trinajstić information content (AvgIpc) is 2.42. The number of halogens is 1. The first-order valence-electron chi connectivity index (χ1n) is 6.29. The summed E-state index contributed by atoms with van der Waals surface area (Å²) in [6.45, 7) is 4.44. The second-order valence-electron chi connectivity index (χ2n) is 4.26. The van der Waals surface area contributed by atoms with Crippen LogP contribution < -0.4 is 15.2 Å². The number of ether oxygens (including phenoxy) is 2. The van der Waals surface area contributed by atoms with E-state index < -0.39 is 0 Å². The van der Waals surface area contributed by atoms with E-state index in [1.54, 1.807) is 12.1 Å². The Morgan fingerprint density at radius 1 is 1.25 bits per heavy atom. The molecule has 0 aliphatic carbocycles. The van der Waals surface area contributed by atoms with Crippen molar-refractivity contribution < 1.29 is 9.47 Å². The minimum absolute atomic E-state index is 0.275. The van der Waals surface area contributed by atoms with Gasteiger partial charge in [0.2, 0.25) is 11.8 Å². The molecule has 0 saturated heterocycles. The van der Waals surface area contributed by atoms with Gasteiger partial charge >= 0.3 is 0 Å². The third-order valence-corrected chi connectivity index (χ3v) is 2.83. The van der Waals surface area contributed by atoms with Crippen LogP contribution in [0.1, 0.15) is 18.9 Å². The smallest absolute Gasteiger partial charge is 0.249 e. The van der Waals surface area contributed by atoms with Crippen molar-refractivity contribution >= 4 is 17.3 Å². The minimum Gasteiger partial charge on any atom is -0.476 e. The van der Waals surface area contributed by atoms with Crippen molar-refractivity contribution in [1.29, 1.82) is 0 Å². The first kappa shape index (κ1) is 14.4. The number of rotatable bonds is 5. The van der Waals surface area contributed by atoms with Crippen molar-refractivity contribution in [2.45, 2.75) is 20.3 Å². The van der Waals surface area contributed by atoms with Gasteiger partial charge in [0, 0.05) is 5.02 Å². The number of nitrogens with two attached hydrogens (primary N) is 1. The highest BCUT2D eigenvalue weighted by Gasteiger charge is 2.12. The summed E-state index contributed by atoms with van der Waals surface area (Å²) in [6.07, 6.45) is 2.23. The summed E-state index contributed by atoms with van der Waals surface area (Å²) in [5, 5.41) is 0.650. The van der Waals surface area contributed by atoms with Gasteiger partial charge in [-0.05, 0) is 37.1 Å². The molecule has 0 bridgehead atoms. The molecule has 0 amide bonds. The molecule has 0 unspecified atom stereocenters. The van der Waals surface area contributed by atoms with E-state index in [9.17, 15) is 0 Å². The third-order valence-electron chi connectivity index (χ3n) is 2.60. The van der Waals surface area contributed by atoms with Gasteiger partial charge < -0.3 is 15.2 Å². The van der Waals surface area contributed by atoms with Gasteiger partial charge in [-0.25, -0.2) is 0 Å². The molecule has 0 aliphatic rings. The molecule has 2 N–H and O–H groups in total. The van der Waals surface area contributed by atoms with Crippen LogP contribution in [-0.4, -0.2) is 16.6 Å². The summed E-state index contributed by atoms with van der Waals surface area (Å²) in [4.78, 5) is 8.03. The molecule has 20 heavy (non-hydrogen) atoms. The van der Waals surface area contributed by atoms with Gasteiger partial charge in [-0.2, -0.15) is 9.97 Å². The van der Waals surface area contributed by atoms with E-state index in [0.29, 0.717) is 23.3 Å². The lowest BCUT2D eigenvalue weighted by Crippen LogP contribution is -2.04. The van der Waals surface area contributed by atoms with Crippen molar-refractivity contribution in [3.8, 4) is 17.5 Å². The maximum atomic E-state index is 5.95. The first-order valence-corrected chi connectivity index (χ1v) is 6.67. The van der Waals surface area contributed by atoms with Gasteiger partial charge in [0.15, 0.2) is 5.69 Å². The normalized spacial score (nSPS) is 10.3. The highest BCUT2D eigenvalue weighted by molar-refractivity contribution is 6.30. The van der Waals surface area contributed by atoms with E-state index in [2.05, 4.69) is 9.97 Å². The maximum Gasteiger partial charge on any atom is 0.249 e. The molecule has 0 atom stereocenters. The molecule has 0 saturated carbocycles. The summed E-state index contributed by atoms with van der Waals surface area (Å²) >= 11 is 5.91. The molecular weight excluding hydrogens is 278 g/mol. The molecule has 1 aromatic carbocycles. The molecule has 0 fully saturated rings. The predicted molar refractivity (Wildman–Crippen MR) is 78.5 cm³/mol. The van der Waals surface area contributed by atoms with Crippen LogP contribution in [-0.2, 0) is 0 Å². The molecular formula is C14H16ClN3O2. The summed E-state index contributed by atoms with van der Waals surface area (Å²) in [5.41, 5.74) is 7.13. The molecule has 0 radical (unpaired) electrons. The van der Waals surface area contributed by atoms with E-state index in [1.807, 2.05) is 19.9 Å². The second kappa shape index (κ2) is 6.43. The number of aryl methyl sites for hydroxylation is 1. The summed E-state index contributed by atoms with van der Waals surface area (Å²) in [5.74, 6) is 1.25. The number of nitrogens with zero attached hydrogens (tertiary/aromatic N) is 2. The number of aromatic nitrogens is 2. The van der Waals surface area contributed by atoms with Crippen molar-refractivity contribution in [3.63, 3.8) is 0 Å². The number of hydrogen-bond acceptors (Lipinski definition) is 5. The van der Waals surface area contributed by atoms with Crippen molar-refractivity contribution in [1.82, 2.24) is 9.97 Å². The molecule has 0 spiro atoms. The number of hydrogen-bond donors (Lipinski definition) is 1. The minimum atomic E-state index is 0.275. The van der Waals surface area contributed by atoms with Gasteiger partial charge in [-0.1, -0.05) is 18.5 Å². The number of anilines is 1. The molecule has 2 rings (SSSR count). The van der Waals surface area contributed by atoms with Crippen LogP contribution in [0.25, 0.3) is 0 Å². The van der Waals surface area contributed by atoms with Crippen LogP contribution in [0.4, 0.5) is 5.69 Å². The molecule has 106 valence electrons. The zero-order chi connectivity index (χ0) is 14.5. The Kier molecular flexibility index (Phi) is 4.63. The topological polar surface area (TPSA) is 70.3 Å². The Labute approximate surface area is 122 Å². The second-order valence-corrected chi connectivity index (χ2v) is 4.69. The molecule has 0 aliphatic heterocycles. The quantitative estimate of drug-likeness (QED) is 0.912. The molecule has 5 nitrogen and oxygen atoms in total. The van der Waals surface area contributed by atoms with E-state index in [4.69, 9.17) is 26.8 Å². The van der Waals surface area contributed by atoms with Crippen molar-refractivity contribution in [2.75, 3.05) is 12.3 Å². The lowest BCUT2D eigenvalue weighted by Gasteiger charge is -2.12. The Balaban J connectivity index is 2.24. The SMILES string of the molecule is CCCOc1ncnc(Oc2ccc(Cl)cc2C)c1N. The number of benzene rings is 1. The monoisotopic (exact) mass is 293 g/mol. The fourth-order valence-electron chi connectivity index (χ4n) is 1.59. The lowest BCUT2D eigenvalue weighted by atomic mass is 10.2. The summed E-state index contributed by atoms with van der Waals surface area (Å²) < 4.78 is 11.1. The van der Waals surface area contributed by atoms with Crippen LogP contribution in [0, 0.1) is 6.92 Å².